The Balaban J connectivity index is 1.31. The second kappa shape index (κ2) is 11.5. The molecule has 2 aromatic carbocycles. The van der Waals surface area contributed by atoms with Gasteiger partial charge in [0.1, 0.15) is 12.4 Å². The lowest BCUT2D eigenvalue weighted by molar-refractivity contribution is -0.124. The van der Waals surface area contributed by atoms with Gasteiger partial charge in [0.2, 0.25) is 0 Å². The van der Waals surface area contributed by atoms with Crippen LogP contribution in [0.25, 0.3) is 0 Å². The molecular formula is C22H25NO5S. The van der Waals surface area contributed by atoms with Gasteiger partial charge in [-0.25, -0.2) is 4.79 Å². The highest BCUT2D eigenvalue weighted by Gasteiger charge is 2.16. The average Bonchev–Trinajstić information content (AvgIpc) is 3.28. The molecule has 1 aliphatic rings. The number of thioether (sulfide) groups is 1. The molecule has 1 heterocycles. The Labute approximate surface area is 174 Å². The van der Waals surface area contributed by atoms with E-state index < -0.39 is 5.97 Å². The van der Waals surface area contributed by atoms with E-state index in [-0.39, 0.29) is 18.6 Å². The quantitative estimate of drug-likeness (QED) is 0.365. The Hall–Kier alpha value is -2.51. The number of nitrogens with one attached hydrogen (secondary N) is 1. The molecule has 3 rings (SSSR count). The molecule has 1 saturated heterocycles. The predicted octanol–water partition coefficient (Wildman–Crippen LogP) is 3.31. The van der Waals surface area contributed by atoms with E-state index >= 15 is 0 Å². The highest BCUT2D eigenvalue weighted by atomic mass is 32.2. The fourth-order valence-corrected chi connectivity index (χ4v) is 3.58. The zero-order chi connectivity index (χ0) is 20.3. The molecular weight excluding hydrogens is 390 g/mol. The molecule has 1 fully saturated rings. The van der Waals surface area contributed by atoms with Crippen molar-refractivity contribution in [3.05, 3.63) is 60.2 Å². The lowest BCUT2D eigenvalue weighted by Gasteiger charge is -2.11. The first-order chi connectivity index (χ1) is 14.2. The third-order valence-electron chi connectivity index (χ3n) is 4.32. The monoisotopic (exact) mass is 415 g/mol. The van der Waals surface area contributed by atoms with Crippen LogP contribution >= 0.6 is 11.8 Å². The molecule has 2 aromatic rings. The van der Waals surface area contributed by atoms with Gasteiger partial charge < -0.3 is 19.5 Å². The van der Waals surface area contributed by atoms with Crippen molar-refractivity contribution in [2.45, 2.75) is 23.8 Å². The summed E-state index contributed by atoms with van der Waals surface area (Å²) < 4.78 is 16.2. The van der Waals surface area contributed by atoms with Crippen molar-refractivity contribution < 1.29 is 23.8 Å². The van der Waals surface area contributed by atoms with Gasteiger partial charge in [0, 0.05) is 23.8 Å². The summed E-state index contributed by atoms with van der Waals surface area (Å²) in [5.74, 6) is 0.565. The van der Waals surface area contributed by atoms with Gasteiger partial charge in [-0.15, -0.1) is 11.8 Å². The van der Waals surface area contributed by atoms with Crippen LogP contribution in [0.4, 0.5) is 0 Å². The van der Waals surface area contributed by atoms with Gasteiger partial charge in [-0.05, 0) is 49.2 Å². The molecule has 0 saturated carbocycles. The van der Waals surface area contributed by atoms with E-state index in [4.69, 9.17) is 14.2 Å². The Morgan fingerprint density at radius 3 is 2.62 bits per heavy atom. The van der Waals surface area contributed by atoms with Gasteiger partial charge in [0.25, 0.3) is 5.91 Å². The van der Waals surface area contributed by atoms with E-state index in [0.29, 0.717) is 24.5 Å². The molecule has 7 heteroatoms. The number of benzene rings is 2. The van der Waals surface area contributed by atoms with Crippen LogP contribution in [0.15, 0.2) is 59.5 Å². The van der Waals surface area contributed by atoms with Crippen LogP contribution in [-0.4, -0.2) is 50.1 Å². The van der Waals surface area contributed by atoms with Crippen molar-refractivity contribution >= 4 is 23.6 Å². The number of hydrogen-bond donors (Lipinski definition) is 1. The van der Waals surface area contributed by atoms with Crippen LogP contribution in [0.3, 0.4) is 0 Å². The minimum absolute atomic E-state index is 0.143. The van der Waals surface area contributed by atoms with Gasteiger partial charge in [-0.1, -0.05) is 18.2 Å². The van der Waals surface area contributed by atoms with Crippen molar-refractivity contribution in [1.29, 1.82) is 0 Å². The minimum Gasteiger partial charge on any atom is -0.491 e. The van der Waals surface area contributed by atoms with Crippen molar-refractivity contribution in [1.82, 2.24) is 5.32 Å². The summed E-state index contributed by atoms with van der Waals surface area (Å²) in [4.78, 5) is 25.1. The smallest absolute Gasteiger partial charge is 0.338 e. The van der Waals surface area contributed by atoms with E-state index in [1.54, 1.807) is 36.0 Å². The molecule has 6 nitrogen and oxygen atoms in total. The number of carbonyl (C=O) groups is 2. The second-order valence-electron chi connectivity index (χ2n) is 6.56. The molecule has 0 spiro atoms. The maximum atomic E-state index is 12.1. The lowest BCUT2D eigenvalue weighted by Crippen LogP contribution is -2.30. The van der Waals surface area contributed by atoms with Gasteiger partial charge >= 0.3 is 5.97 Å². The van der Waals surface area contributed by atoms with Crippen molar-refractivity contribution in [2.24, 2.45) is 0 Å². The first-order valence-electron chi connectivity index (χ1n) is 9.67. The van der Waals surface area contributed by atoms with E-state index in [1.165, 1.54) is 0 Å². The molecule has 0 radical (unpaired) electrons. The largest absolute Gasteiger partial charge is 0.491 e. The van der Waals surface area contributed by atoms with Crippen LogP contribution in [0, 0.1) is 0 Å². The summed E-state index contributed by atoms with van der Waals surface area (Å²) in [6.45, 7) is 1.50. The summed E-state index contributed by atoms with van der Waals surface area (Å²) in [5.41, 5.74) is 0.377. The Morgan fingerprint density at radius 2 is 1.90 bits per heavy atom. The van der Waals surface area contributed by atoms with Gasteiger partial charge in [-0.3, -0.25) is 4.79 Å². The molecule has 0 unspecified atom stereocenters. The van der Waals surface area contributed by atoms with Crippen LogP contribution in [0.1, 0.15) is 23.2 Å². The zero-order valence-corrected chi connectivity index (χ0v) is 17.0. The lowest BCUT2D eigenvalue weighted by atomic mass is 10.2. The Kier molecular flexibility index (Phi) is 8.40. The summed E-state index contributed by atoms with van der Waals surface area (Å²) in [7, 11) is 0. The van der Waals surface area contributed by atoms with Crippen LogP contribution in [0.5, 0.6) is 5.75 Å². The highest BCUT2D eigenvalue weighted by Crippen LogP contribution is 2.17. The number of amides is 1. The highest BCUT2D eigenvalue weighted by molar-refractivity contribution is 7.99. The predicted molar refractivity (Wildman–Crippen MR) is 111 cm³/mol. The Morgan fingerprint density at radius 1 is 1.10 bits per heavy atom. The summed E-state index contributed by atoms with van der Waals surface area (Å²) in [5, 5.41) is 2.74. The van der Waals surface area contributed by atoms with Crippen LogP contribution in [0.2, 0.25) is 0 Å². The molecule has 0 bridgehead atoms. The molecule has 1 N–H and O–H groups in total. The summed E-state index contributed by atoms with van der Waals surface area (Å²) in [6, 6.07) is 16.6. The topological polar surface area (TPSA) is 73.9 Å². The second-order valence-corrected chi connectivity index (χ2v) is 7.73. The van der Waals surface area contributed by atoms with Crippen molar-refractivity contribution in [3.63, 3.8) is 0 Å². The van der Waals surface area contributed by atoms with E-state index in [9.17, 15) is 9.59 Å². The number of hydrogen-bond acceptors (Lipinski definition) is 6. The van der Waals surface area contributed by atoms with Crippen LogP contribution < -0.4 is 10.1 Å². The standard InChI is InChI=1S/C22H25NO5S/c24-21(23-12-14-29-20-6-2-1-3-7-20)16-28-22(25)17-8-10-18(11-9-17)27-15-19-5-4-13-26-19/h1-3,6-11,19H,4-5,12-16H2,(H,23,24)/t19-/m0/s1. The SMILES string of the molecule is O=C(COC(=O)c1ccc(OC[C@@H]2CCCO2)cc1)NCCSc1ccccc1. The summed E-state index contributed by atoms with van der Waals surface area (Å²) >= 11 is 1.65. The minimum atomic E-state index is -0.538. The molecule has 0 aliphatic carbocycles. The first kappa shape index (κ1) is 21.2. The fraction of sp³-hybridized carbons (Fsp3) is 0.364. The number of carbonyl (C=O) groups excluding carboxylic acids is 2. The molecule has 29 heavy (non-hydrogen) atoms. The van der Waals surface area contributed by atoms with Crippen molar-refractivity contribution in [2.75, 3.05) is 32.1 Å². The number of rotatable bonds is 10. The number of ether oxygens (including phenoxy) is 3. The maximum Gasteiger partial charge on any atom is 0.338 e. The zero-order valence-electron chi connectivity index (χ0n) is 16.2. The average molecular weight is 416 g/mol. The van der Waals surface area contributed by atoms with E-state index in [2.05, 4.69) is 5.32 Å². The van der Waals surface area contributed by atoms with Crippen molar-refractivity contribution in [3.8, 4) is 5.75 Å². The third kappa shape index (κ3) is 7.44. The molecule has 154 valence electrons. The Bertz CT molecular complexity index is 776. The fourth-order valence-electron chi connectivity index (χ4n) is 2.79. The summed E-state index contributed by atoms with van der Waals surface area (Å²) in [6.07, 6.45) is 2.22. The number of esters is 1. The normalized spacial score (nSPS) is 15.7. The molecule has 1 amide bonds. The van der Waals surface area contributed by atoms with Gasteiger partial charge in [-0.2, -0.15) is 0 Å². The van der Waals surface area contributed by atoms with Gasteiger partial charge in [0.15, 0.2) is 6.61 Å². The molecule has 1 aliphatic heterocycles. The first-order valence-corrected chi connectivity index (χ1v) is 10.7. The molecule has 1 atom stereocenters. The van der Waals surface area contributed by atoms with E-state index in [0.717, 1.165) is 30.1 Å². The third-order valence-corrected chi connectivity index (χ3v) is 5.33. The van der Waals surface area contributed by atoms with Gasteiger partial charge in [0.05, 0.1) is 11.7 Å². The van der Waals surface area contributed by atoms with Crippen LogP contribution in [-0.2, 0) is 14.3 Å². The van der Waals surface area contributed by atoms with E-state index in [1.807, 2.05) is 30.3 Å². The molecule has 0 aromatic heterocycles. The maximum absolute atomic E-state index is 12.1.